The van der Waals surface area contributed by atoms with Gasteiger partial charge in [0.2, 0.25) is 0 Å². The van der Waals surface area contributed by atoms with Crippen molar-refractivity contribution in [3.8, 4) is 0 Å². The fraction of sp³-hybridized carbons (Fsp3) is 0.636. The van der Waals surface area contributed by atoms with Crippen molar-refractivity contribution in [1.29, 1.82) is 0 Å². The first-order chi connectivity index (χ1) is 12.3. The lowest BCUT2D eigenvalue weighted by Crippen LogP contribution is -2.51. The molecule has 2 nitrogen and oxygen atoms in total. The van der Waals surface area contributed by atoms with Crippen molar-refractivity contribution in [2.75, 3.05) is 25.1 Å². The second-order valence-corrected chi connectivity index (χ2v) is 9.45. The third-order valence-corrected chi connectivity index (χ3v) is 7.62. The van der Waals surface area contributed by atoms with E-state index in [2.05, 4.69) is 41.3 Å². The van der Waals surface area contributed by atoms with Crippen LogP contribution >= 0.6 is 11.8 Å². The molecule has 2 aromatic rings. The minimum atomic E-state index is 0.734. The topological polar surface area (TPSA) is 19.0 Å². The van der Waals surface area contributed by atoms with E-state index in [9.17, 15) is 0 Å². The highest BCUT2D eigenvalue weighted by atomic mass is 32.2. The fourth-order valence-electron chi connectivity index (χ4n) is 5.56. The van der Waals surface area contributed by atoms with E-state index >= 15 is 0 Å². The molecule has 134 valence electrons. The van der Waals surface area contributed by atoms with E-state index in [1.165, 1.54) is 55.7 Å². The van der Waals surface area contributed by atoms with Gasteiger partial charge < -0.3 is 4.98 Å². The van der Waals surface area contributed by atoms with E-state index in [0.29, 0.717) is 0 Å². The van der Waals surface area contributed by atoms with Crippen molar-refractivity contribution in [2.45, 2.75) is 51.0 Å². The molecule has 1 aromatic heterocycles. The highest BCUT2D eigenvalue weighted by Crippen LogP contribution is 2.47. The summed E-state index contributed by atoms with van der Waals surface area (Å²) in [7, 11) is 0. The molecule has 1 aliphatic heterocycles. The van der Waals surface area contributed by atoms with Gasteiger partial charge in [-0.2, -0.15) is 11.8 Å². The van der Waals surface area contributed by atoms with Gasteiger partial charge in [0.25, 0.3) is 0 Å². The van der Waals surface area contributed by atoms with Gasteiger partial charge in [-0.1, -0.05) is 19.1 Å². The molecule has 1 unspecified atom stereocenters. The van der Waals surface area contributed by atoms with E-state index in [1.807, 2.05) is 11.8 Å². The van der Waals surface area contributed by atoms with Gasteiger partial charge in [0.15, 0.2) is 0 Å². The number of thioether (sulfide) groups is 1. The Balaban J connectivity index is 1.57. The zero-order valence-electron chi connectivity index (χ0n) is 15.6. The van der Waals surface area contributed by atoms with Crippen LogP contribution in [0, 0.1) is 11.8 Å². The number of H-pyrrole nitrogens is 1. The fourth-order valence-corrected chi connectivity index (χ4v) is 6.27. The number of nitrogens with one attached hydrogen (secondary N) is 1. The quantitative estimate of drug-likeness (QED) is 0.829. The number of benzene rings is 1. The molecule has 2 heterocycles. The molecule has 25 heavy (non-hydrogen) atoms. The Hall–Kier alpha value is -0.930. The number of aromatic amines is 1. The summed E-state index contributed by atoms with van der Waals surface area (Å²) in [5.74, 6) is 3.90. The monoisotopic (exact) mass is 354 g/mol. The van der Waals surface area contributed by atoms with E-state index in [1.54, 1.807) is 16.5 Å². The van der Waals surface area contributed by atoms with E-state index < -0.39 is 0 Å². The second kappa shape index (κ2) is 6.35. The Morgan fingerprint density at radius 3 is 2.88 bits per heavy atom. The first-order valence-corrected chi connectivity index (χ1v) is 11.5. The molecule has 2 fully saturated rings. The summed E-state index contributed by atoms with van der Waals surface area (Å²) in [5, 5.41) is 1.58. The van der Waals surface area contributed by atoms with Crippen LogP contribution in [0.5, 0.6) is 0 Å². The Morgan fingerprint density at radius 2 is 2.12 bits per heavy atom. The van der Waals surface area contributed by atoms with E-state index in [4.69, 9.17) is 0 Å². The summed E-state index contributed by atoms with van der Waals surface area (Å²) in [6.07, 6.45) is 8.98. The van der Waals surface area contributed by atoms with Crippen LogP contribution in [0.3, 0.4) is 0 Å². The van der Waals surface area contributed by atoms with E-state index in [0.717, 1.165) is 30.2 Å². The van der Waals surface area contributed by atoms with Gasteiger partial charge in [-0.05, 0) is 73.1 Å². The Morgan fingerprint density at radius 1 is 1.24 bits per heavy atom. The molecule has 2 aliphatic carbocycles. The lowest BCUT2D eigenvalue weighted by atomic mass is 9.72. The highest BCUT2D eigenvalue weighted by molar-refractivity contribution is 7.98. The summed E-state index contributed by atoms with van der Waals surface area (Å²) < 4.78 is 0. The normalized spacial score (nSPS) is 29.1. The largest absolute Gasteiger partial charge is 0.358 e. The predicted molar refractivity (Wildman–Crippen MR) is 109 cm³/mol. The van der Waals surface area contributed by atoms with Crippen LogP contribution in [0.15, 0.2) is 18.2 Å². The summed E-state index contributed by atoms with van der Waals surface area (Å²) in [6.45, 7) is 4.98. The average molecular weight is 355 g/mol. The molecule has 1 N–H and O–H groups in total. The number of aryl methyl sites for hydroxylation is 1. The van der Waals surface area contributed by atoms with Crippen molar-refractivity contribution >= 4 is 22.7 Å². The number of hydrogen-bond donors (Lipinski definition) is 1. The molecule has 3 aliphatic rings. The maximum Gasteiger partial charge on any atom is 0.0461 e. The van der Waals surface area contributed by atoms with E-state index in [-0.39, 0.29) is 0 Å². The number of rotatable bonds is 5. The lowest BCUT2D eigenvalue weighted by Gasteiger charge is -2.47. The van der Waals surface area contributed by atoms with Crippen LogP contribution in [0.4, 0.5) is 0 Å². The van der Waals surface area contributed by atoms with Gasteiger partial charge in [-0.3, -0.25) is 4.90 Å². The van der Waals surface area contributed by atoms with Crippen LogP contribution in [-0.2, 0) is 12.8 Å². The van der Waals surface area contributed by atoms with Crippen molar-refractivity contribution in [1.82, 2.24) is 9.88 Å². The maximum atomic E-state index is 3.74. The molecule has 1 saturated heterocycles. The van der Waals surface area contributed by atoms with Crippen molar-refractivity contribution in [3.05, 3.63) is 35.0 Å². The summed E-state index contributed by atoms with van der Waals surface area (Å²) in [5.41, 5.74) is 6.15. The van der Waals surface area contributed by atoms with Crippen molar-refractivity contribution in [3.63, 3.8) is 0 Å². The average Bonchev–Trinajstić information content (AvgIpc) is 3.36. The molecule has 1 saturated carbocycles. The number of likely N-dealkylation sites (tertiary alicyclic amines) is 1. The third-order valence-electron chi connectivity index (χ3n) is 6.82. The Bertz CT molecular complexity index is 776. The van der Waals surface area contributed by atoms with Crippen molar-refractivity contribution in [2.24, 2.45) is 11.8 Å². The Kier molecular flexibility index (Phi) is 4.13. The molecule has 3 heteroatoms. The van der Waals surface area contributed by atoms with Crippen LogP contribution in [-0.4, -0.2) is 41.0 Å². The third kappa shape index (κ3) is 2.75. The first kappa shape index (κ1) is 16.3. The second-order valence-electron chi connectivity index (χ2n) is 8.54. The number of hydrogen-bond acceptors (Lipinski definition) is 2. The molecule has 3 atom stereocenters. The zero-order chi connectivity index (χ0) is 17.0. The summed E-state index contributed by atoms with van der Waals surface area (Å²) >= 11 is 2.04. The number of aromatic nitrogens is 1. The minimum Gasteiger partial charge on any atom is -0.358 e. The summed E-state index contributed by atoms with van der Waals surface area (Å²) in [6, 6.07) is 7.74. The van der Waals surface area contributed by atoms with Crippen LogP contribution < -0.4 is 0 Å². The highest BCUT2D eigenvalue weighted by Gasteiger charge is 2.42. The molecule has 0 spiro atoms. The van der Waals surface area contributed by atoms with Gasteiger partial charge in [-0.25, -0.2) is 0 Å². The number of piperidine rings is 1. The van der Waals surface area contributed by atoms with Crippen LogP contribution in [0.1, 0.15) is 48.9 Å². The zero-order valence-corrected chi connectivity index (χ0v) is 16.4. The summed E-state index contributed by atoms with van der Waals surface area (Å²) in [4.78, 5) is 6.64. The SMILES string of the molecule is CCc1[nH]c2cccc3c2c1C[C@@H]1[C@@H]3CC(CSC)CN1CC1CC1. The van der Waals surface area contributed by atoms with Gasteiger partial charge in [0.05, 0.1) is 0 Å². The van der Waals surface area contributed by atoms with Crippen molar-refractivity contribution < 1.29 is 0 Å². The molecular formula is C22H30N2S. The van der Waals surface area contributed by atoms with Crippen LogP contribution in [0.25, 0.3) is 10.9 Å². The standard InChI is InChI=1S/C22H30N2S/c1-3-19-18-10-21-17(16-5-4-6-20(23-19)22(16)18)9-15(13-25-2)12-24(21)11-14-7-8-14/h4-6,14-15,17,21,23H,3,7-13H2,1-2H3/t15?,17-,21-/m1/s1. The molecular weight excluding hydrogens is 324 g/mol. The molecule has 5 rings (SSSR count). The first-order valence-electron chi connectivity index (χ1n) is 10.1. The van der Waals surface area contributed by atoms with Gasteiger partial charge in [0, 0.05) is 41.6 Å². The van der Waals surface area contributed by atoms with Crippen LogP contribution in [0.2, 0.25) is 0 Å². The predicted octanol–water partition coefficient (Wildman–Crippen LogP) is 4.83. The number of nitrogens with zero attached hydrogens (tertiary/aromatic N) is 1. The van der Waals surface area contributed by atoms with Gasteiger partial charge >= 0.3 is 0 Å². The molecule has 0 radical (unpaired) electrons. The molecule has 0 amide bonds. The smallest absolute Gasteiger partial charge is 0.0461 e. The lowest BCUT2D eigenvalue weighted by molar-refractivity contribution is 0.0876. The minimum absolute atomic E-state index is 0.734. The maximum absolute atomic E-state index is 3.74. The van der Waals surface area contributed by atoms with Gasteiger partial charge in [0.1, 0.15) is 0 Å². The number of fused-ring (bicyclic) bond motifs is 2. The van der Waals surface area contributed by atoms with Gasteiger partial charge in [-0.15, -0.1) is 0 Å². The Labute approximate surface area is 155 Å². The molecule has 0 bridgehead atoms. The molecule has 1 aromatic carbocycles.